The lowest BCUT2D eigenvalue weighted by Gasteiger charge is -2.21. The number of nitrogens with zero attached hydrogens (tertiary/aromatic N) is 1. The standard InChI is InChI=1S/C22H28N2O3/c1-4-24(5-2)20-13-11-19(12-14-20)23-21(25)16-27-22(26)15-17(3)18-9-7-6-8-10-18/h6-14,17H,4-5,15-16H2,1-3H3,(H,23,25). The molecule has 0 aromatic heterocycles. The van der Waals surface area contributed by atoms with Gasteiger partial charge in [0.25, 0.3) is 5.91 Å². The maximum absolute atomic E-state index is 12.0. The number of hydrogen-bond donors (Lipinski definition) is 1. The lowest BCUT2D eigenvalue weighted by atomic mass is 9.98. The zero-order chi connectivity index (χ0) is 19.6. The molecular weight excluding hydrogens is 340 g/mol. The monoisotopic (exact) mass is 368 g/mol. The highest BCUT2D eigenvalue weighted by atomic mass is 16.5. The van der Waals surface area contributed by atoms with Crippen LogP contribution in [0.5, 0.6) is 0 Å². The largest absolute Gasteiger partial charge is 0.456 e. The van der Waals surface area contributed by atoms with Crippen molar-refractivity contribution in [1.29, 1.82) is 0 Å². The predicted molar refractivity (Wildman–Crippen MR) is 109 cm³/mol. The molecule has 0 saturated carbocycles. The Labute approximate surface area is 161 Å². The molecule has 2 rings (SSSR count). The number of nitrogens with one attached hydrogen (secondary N) is 1. The van der Waals surface area contributed by atoms with E-state index in [0.29, 0.717) is 5.69 Å². The molecule has 5 nitrogen and oxygen atoms in total. The predicted octanol–water partition coefficient (Wildman–Crippen LogP) is 4.21. The van der Waals surface area contributed by atoms with E-state index in [4.69, 9.17) is 4.74 Å². The maximum atomic E-state index is 12.0. The summed E-state index contributed by atoms with van der Waals surface area (Å²) in [6, 6.07) is 17.4. The van der Waals surface area contributed by atoms with Crippen LogP contribution in [0.4, 0.5) is 11.4 Å². The van der Waals surface area contributed by atoms with Gasteiger partial charge in [-0.25, -0.2) is 0 Å². The van der Waals surface area contributed by atoms with Crippen molar-refractivity contribution in [3.63, 3.8) is 0 Å². The van der Waals surface area contributed by atoms with E-state index < -0.39 is 0 Å². The molecule has 0 aliphatic heterocycles. The number of rotatable bonds is 9. The number of carbonyl (C=O) groups excluding carboxylic acids is 2. The summed E-state index contributed by atoms with van der Waals surface area (Å²) < 4.78 is 5.11. The molecular formula is C22H28N2O3. The summed E-state index contributed by atoms with van der Waals surface area (Å²) in [6.07, 6.45) is 0.246. The van der Waals surface area contributed by atoms with Crippen LogP contribution in [0.15, 0.2) is 54.6 Å². The molecule has 1 atom stereocenters. The van der Waals surface area contributed by atoms with E-state index in [9.17, 15) is 9.59 Å². The second-order valence-electron chi connectivity index (χ2n) is 6.44. The van der Waals surface area contributed by atoms with Gasteiger partial charge >= 0.3 is 5.97 Å². The second-order valence-corrected chi connectivity index (χ2v) is 6.44. The number of hydrogen-bond acceptors (Lipinski definition) is 4. The van der Waals surface area contributed by atoms with Crippen LogP contribution in [0.1, 0.15) is 38.7 Å². The van der Waals surface area contributed by atoms with Gasteiger partial charge in [0.2, 0.25) is 0 Å². The fourth-order valence-electron chi connectivity index (χ4n) is 2.90. The minimum absolute atomic E-state index is 0.0504. The topological polar surface area (TPSA) is 58.6 Å². The van der Waals surface area contributed by atoms with E-state index in [-0.39, 0.29) is 30.8 Å². The molecule has 0 spiro atoms. The molecule has 0 aliphatic carbocycles. The Hall–Kier alpha value is -2.82. The Kier molecular flexibility index (Phi) is 7.86. The number of carbonyl (C=O) groups is 2. The number of benzene rings is 2. The Morgan fingerprint density at radius 3 is 2.22 bits per heavy atom. The summed E-state index contributed by atoms with van der Waals surface area (Å²) >= 11 is 0. The molecule has 2 aromatic rings. The average Bonchev–Trinajstić information content (AvgIpc) is 2.69. The molecule has 1 amide bonds. The molecule has 0 heterocycles. The van der Waals surface area contributed by atoms with Crippen LogP contribution in [0, 0.1) is 0 Å². The van der Waals surface area contributed by atoms with Crippen molar-refractivity contribution in [2.45, 2.75) is 33.1 Å². The van der Waals surface area contributed by atoms with Crippen molar-refractivity contribution >= 4 is 23.3 Å². The Morgan fingerprint density at radius 1 is 1.00 bits per heavy atom. The molecule has 0 saturated heterocycles. The smallest absolute Gasteiger partial charge is 0.306 e. The maximum Gasteiger partial charge on any atom is 0.306 e. The molecule has 5 heteroatoms. The highest BCUT2D eigenvalue weighted by Crippen LogP contribution is 2.19. The lowest BCUT2D eigenvalue weighted by Crippen LogP contribution is -2.22. The molecule has 27 heavy (non-hydrogen) atoms. The number of anilines is 2. The summed E-state index contributed by atoms with van der Waals surface area (Å²) in [5, 5.41) is 2.75. The third-order valence-corrected chi connectivity index (χ3v) is 4.49. The Bertz CT molecular complexity index is 725. The van der Waals surface area contributed by atoms with E-state index in [1.54, 1.807) is 0 Å². The highest BCUT2D eigenvalue weighted by Gasteiger charge is 2.14. The van der Waals surface area contributed by atoms with Gasteiger partial charge in [0.1, 0.15) is 0 Å². The van der Waals surface area contributed by atoms with Gasteiger partial charge in [0.15, 0.2) is 6.61 Å². The van der Waals surface area contributed by atoms with Crippen molar-refractivity contribution in [3.05, 3.63) is 60.2 Å². The normalized spacial score (nSPS) is 11.5. The van der Waals surface area contributed by atoms with Crippen LogP contribution in [-0.2, 0) is 14.3 Å². The molecule has 144 valence electrons. The zero-order valence-electron chi connectivity index (χ0n) is 16.3. The third kappa shape index (κ3) is 6.44. The SMILES string of the molecule is CCN(CC)c1ccc(NC(=O)COC(=O)CC(C)c2ccccc2)cc1. The van der Waals surface area contributed by atoms with Crippen LogP contribution in [-0.4, -0.2) is 31.6 Å². The van der Waals surface area contributed by atoms with Crippen molar-refractivity contribution in [2.24, 2.45) is 0 Å². The van der Waals surface area contributed by atoms with E-state index in [0.717, 1.165) is 24.3 Å². The van der Waals surface area contributed by atoms with Crippen LogP contribution in [0.25, 0.3) is 0 Å². The molecule has 1 unspecified atom stereocenters. The summed E-state index contributed by atoms with van der Waals surface area (Å²) in [6.45, 7) is 7.75. The van der Waals surface area contributed by atoms with Crippen molar-refractivity contribution in [2.75, 3.05) is 29.9 Å². The van der Waals surface area contributed by atoms with Crippen LogP contribution in [0.3, 0.4) is 0 Å². The van der Waals surface area contributed by atoms with E-state index >= 15 is 0 Å². The van der Waals surface area contributed by atoms with Gasteiger partial charge in [0.05, 0.1) is 6.42 Å². The van der Waals surface area contributed by atoms with Crippen molar-refractivity contribution < 1.29 is 14.3 Å². The summed E-state index contributed by atoms with van der Waals surface area (Å²) in [4.78, 5) is 26.2. The van der Waals surface area contributed by atoms with Gasteiger partial charge in [-0.2, -0.15) is 0 Å². The van der Waals surface area contributed by atoms with E-state index in [1.165, 1.54) is 0 Å². The molecule has 0 aliphatic rings. The van der Waals surface area contributed by atoms with Crippen LogP contribution >= 0.6 is 0 Å². The van der Waals surface area contributed by atoms with Crippen molar-refractivity contribution in [1.82, 2.24) is 0 Å². The summed E-state index contributed by atoms with van der Waals surface area (Å²) in [5.74, 6) is -0.668. The van der Waals surface area contributed by atoms with Crippen molar-refractivity contribution in [3.8, 4) is 0 Å². The van der Waals surface area contributed by atoms with E-state index in [1.807, 2.05) is 61.5 Å². The minimum atomic E-state index is -0.376. The summed E-state index contributed by atoms with van der Waals surface area (Å²) in [7, 11) is 0. The first-order valence-electron chi connectivity index (χ1n) is 9.38. The first kappa shape index (κ1) is 20.5. The molecule has 0 bridgehead atoms. The van der Waals surface area contributed by atoms with Gasteiger partial charge in [-0.05, 0) is 49.6 Å². The van der Waals surface area contributed by atoms with Gasteiger partial charge in [-0.3, -0.25) is 9.59 Å². The first-order valence-corrected chi connectivity index (χ1v) is 9.38. The number of esters is 1. The van der Waals surface area contributed by atoms with Crippen LogP contribution < -0.4 is 10.2 Å². The number of amides is 1. The zero-order valence-corrected chi connectivity index (χ0v) is 16.3. The molecule has 1 N–H and O–H groups in total. The Balaban J connectivity index is 1.77. The highest BCUT2D eigenvalue weighted by molar-refractivity contribution is 5.93. The minimum Gasteiger partial charge on any atom is -0.456 e. The lowest BCUT2D eigenvalue weighted by molar-refractivity contribution is -0.147. The van der Waals surface area contributed by atoms with Gasteiger partial charge in [0, 0.05) is 24.5 Å². The van der Waals surface area contributed by atoms with Gasteiger partial charge in [-0.15, -0.1) is 0 Å². The molecule has 0 fully saturated rings. The molecule has 2 aromatic carbocycles. The van der Waals surface area contributed by atoms with Gasteiger partial charge < -0.3 is 15.0 Å². The first-order chi connectivity index (χ1) is 13.0. The third-order valence-electron chi connectivity index (χ3n) is 4.49. The van der Waals surface area contributed by atoms with Gasteiger partial charge in [-0.1, -0.05) is 37.3 Å². The average molecular weight is 368 g/mol. The van der Waals surface area contributed by atoms with Crippen LogP contribution in [0.2, 0.25) is 0 Å². The molecule has 0 radical (unpaired) electrons. The summed E-state index contributed by atoms with van der Waals surface area (Å²) in [5.41, 5.74) is 2.87. The number of ether oxygens (including phenoxy) is 1. The second kappa shape index (κ2) is 10.4. The fraction of sp³-hybridized carbons (Fsp3) is 0.364. The van der Waals surface area contributed by atoms with E-state index in [2.05, 4.69) is 24.1 Å². The fourth-order valence-corrected chi connectivity index (χ4v) is 2.90. The Morgan fingerprint density at radius 2 is 1.63 bits per heavy atom. The quantitative estimate of drug-likeness (QED) is 0.674.